The zero-order chi connectivity index (χ0) is 16.6. The normalized spacial score (nSPS) is 16.1. The Balaban J connectivity index is 1.68. The number of aromatic amines is 1. The first-order valence-electron chi connectivity index (χ1n) is 7.12. The third-order valence-corrected chi connectivity index (χ3v) is 6.13. The second-order valence-corrected chi connectivity index (χ2v) is 8.28. The standard InChI is InChI=1S/C14H16N4O3S2/c1-9(2)12-15-14(17-16-12)22-8-7-18-13(19)10-5-3-4-6-11(10)23(18,20)21/h3-6,9H,7-8H2,1-2H3,(H,15,16,17). The van der Waals surface area contributed by atoms with Crippen molar-refractivity contribution in [3.05, 3.63) is 35.7 Å². The van der Waals surface area contributed by atoms with E-state index >= 15 is 0 Å². The van der Waals surface area contributed by atoms with Crippen LogP contribution in [0, 0.1) is 0 Å². The first-order valence-corrected chi connectivity index (χ1v) is 9.55. The van der Waals surface area contributed by atoms with E-state index < -0.39 is 15.9 Å². The van der Waals surface area contributed by atoms with Crippen molar-refractivity contribution in [2.24, 2.45) is 0 Å². The van der Waals surface area contributed by atoms with Gasteiger partial charge in [0.05, 0.1) is 5.56 Å². The van der Waals surface area contributed by atoms with Crippen LogP contribution in [0.25, 0.3) is 0 Å². The van der Waals surface area contributed by atoms with Crippen LogP contribution in [-0.2, 0) is 10.0 Å². The van der Waals surface area contributed by atoms with Crippen molar-refractivity contribution in [1.82, 2.24) is 19.5 Å². The number of nitrogens with one attached hydrogen (secondary N) is 1. The Kier molecular flexibility index (Phi) is 4.15. The number of nitrogens with zero attached hydrogens (tertiary/aromatic N) is 3. The summed E-state index contributed by atoms with van der Waals surface area (Å²) in [5.74, 6) is 0.949. The van der Waals surface area contributed by atoms with Crippen LogP contribution in [0.4, 0.5) is 0 Å². The second kappa shape index (κ2) is 5.97. The third kappa shape index (κ3) is 2.86. The Labute approximate surface area is 138 Å². The summed E-state index contributed by atoms with van der Waals surface area (Å²) in [5.41, 5.74) is 0.234. The molecule has 9 heteroatoms. The van der Waals surface area contributed by atoms with Crippen LogP contribution >= 0.6 is 11.8 Å². The average Bonchev–Trinajstić information content (AvgIpc) is 3.06. The number of H-pyrrole nitrogens is 1. The van der Waals surface area contributed by atoms with E-state index in [4.69, 9.17) is 0 Å². The molecule has 3 rings (SSSR count). The van der Waals surface area contributed by atoms with Crippen LogP contribution in [0.1, 0.15) is 35.9 Å². The molecule has 122 valence electrons. The highest BCUT2D eigenvalue weighted by Crippen LogP contribution is 2.30. The number of fused-ring (bicyclic) bond motifs is 1. The van der Waals surface area contributed by atoms with Crippen LogP contribution in [-0.4, -0.2) is 46.1 Å². The Bertz CT molecular complexity index is 845. The van der Waals surface area contributed by atoms with Gasteiger partial charge in [-0.2, -0.15) is 0 Å². The number of carbonyl (C=O) groups is 1. The first kappa shape index (κ1) is 16.0. The topological polar surface area (TPSA) is 96.0 Å². The van der Waals surface area contributed by atoms with Gasteiger partial charge in [0.25, 0.3) is 15.9 Å². The van der Waals surface area contributed by atoms with Crippen molar-refractivity contribution in [3.63, 3.8) is 0 Å². The number of hydrogen-bond donors (Lipinski definition) is 1. The van der Waals surface area contributed by atoms with E-state index in [9.17, 15) is 13.2 Å². The maximum Gasteiger partial charge on any atom is 0.269 e. The lowest BCUT2D eigenvalue weighted by molar-refractivity contribution is 0.0876. The second-order valence-electron chi connectivity index (χ2n) is 5.38. The number of hydrogen-bond acceptors (Lipinski definition) is 6. The highest BCUT2D eigenvalue weighted by molar-refractivity contribution is 7.99. The molecule has 0 radical (unpaired) electrons. The molecular weight excluding hydrogens is 336 g/mol. The number of rotatable bonds is 5. The first-order chi connectivity index (χ1) is 10.9. The fourth-order valence-electron chi connectivity index (χ4n) is 2.25. The predicted octanol–water partition coefficient (Wildman–Crippen LogP) is 1.86. The molecule has 0 saturated carbocycles. The largest absolute Gasteiger partial charge is 0.269 e. The molecule has 1 aliphatic heterocycles. The highest BCUT2D eigenvalue weighted by atomic mass is 32.2. The molecule has 0 fully saturated rings. The van der Waals surface area contributed by atoms with E-state index in [-0.39, 0.29) is 22.9 Å². The molecule has 1 aliphatic rings. The van der Waals surface area contributed by atoms with Crippen LogP contribution in [0.2, 0.25) is 0 Å². The highest BCUT2D eigenvalue weighted by Gasteiger charge is 2.40. The molecule has 1 aromatic carbocycles. The van der Waals surface area contributed by atoms with Crippen molar-refractivity contribution < 1.29 is 13.2 Å². The number of sulfonamides is 1. The minimum absolute atomic E-state index is 0.0787. The smallest absolute Gasteiger partial charge is 0.268 e. The molecule has 0 aliphatic carbocycles. The van der Waals surface area contributed by atoms with E-state index in [1.54, 1.807) is 12.1 Å². The van der Waals surface area contributed by atoms with Crippen LogP contribution < -0.4 is 0 Å². The van der Waals surface area contributed by atoms with Gasteiger partial charge in [0.1, 0.15) is 10.7 Å². The molecule has 2 aromatic rings. The van der Waals surface area contributed by atoms with Crippen molar-refractivity contribution in [2.75, 3.05) is 12.3 Å². The van der Waals surface area contributed by atoms with Crippen molar-refractivity contribution in [2.45, 2.75) is 29.8 Å². The van der Waals surface area contributed by atoms with Gasteiger partial charge in [0.15, 0.2) is 0 Å². The summed E-state index contributed by atoms with van der Waals surface area (Å²) in [7, 11) is -3.74. The van der Waals surface area contributed by atoms with Gasteiger partial charge < -0.3 is 0 Å². The van der Waals surface area contributed by atoms with E-state index in [0.29, 0.717) is 10.9 Å². The Morgan fingerprint density at radius 1 is 1.30 bits per heavy atom. The number of amides is 1. The average molecular weight is 352 g/mol. The monoisotopic (exact) mass is 352 g/mol. The summed E-state index contributed by atoms with van der Waals surface area (Å²) in [5, 5.41) is 7.46. The summed E-state index contributed by atoms with van der Waals surface area (Å²) in [6.45, 7) is 4.09. The van der Waals surface area contributed by atoms with E-state index in [1.807, 2.05) is 13.8 Å². The summed E-state index contributed by atoms with van der Waals surface area (Å²) >= 11 is 1.32. The molecule has 1 N–H and O–H groups in total. The Morgan fingerprint density at radius 2 is 2.04 bits per heavy atom. The zero-order valence-corrected chi connectivity index (χ0v) is 14.3. The van der Waals surface area contributed by atoms with Crippen molar-refractivity contribution in [1.29, 1.82) is 0 Å². The predicted molar refractivity (Wildman–Crippen MR) is 85.9 cm³/mol. The summed E-state index contributed by atoms with van der Waals surface area (Å²) in [4.78, 5) is 16.6. The maximum atomic E-state index is 12.4. The molecule has 1 aromatic heterocycles. The summed E-state index contributed by atoms with van der Waals surface area (Å²) in [6, 6.07) is 6.26. The molecule has 23 heavy (non-hydrogen) atoms. The lowest BCUT2D eigenvalue weighted by atomic mass is 10.2. The van der Waals surface area contributed by atoms with Gasteiger partial charge in [-0.1, -0.05) is 37.7 Å². The fourth-order valence-corrected chi connectivity index (χ4v) is 4.67. The number of carbonyl (C=O) groups excluding carboxylic acids is 1. The summed E-state index contributed by atoms with van der Waals surface area (Å²) < 4.78 is 25.7. The number of thioether (sulfide) groups is 1. The number of benzene rings is 1. The molecule has 7 nitrogen and oxygen atoms in total. The molecular formula is C14H16N4O3S2. The van der Waals surface area contributed by atoms with Gasteiger partial charge in [-0.05, 0) is 12.1 Å². The molecule has 0 saturated heterocycles. The van der Waals surface area contributed by atoms with E-state index in [1.165, 1.54) is 23.9 Å². The molecule has 1 amide bonds. The van der Waals surface area contributed by atoms with Gasteiger partial charge in [-0.25, -0.2) is 17.7 Å². The molecule has 0 atom stereocenters. The Hall–Kier alpha value is -1.87. The van der Waals surface area contributed by atoms with Crippen molar-refractivity contribution in [3.8, 4) is 0 Å². The van der Waals surface area contributed by atoms with Crippen LogP contribution in [0.3, 0.4) is 0 Å². The van der Waals surface area contributed by atoms with Gasteiger partial charge in [-0.15, -0.1) is 5.10 Å². The SMILES string of the molecule is CC(C)c1nc(SCCN2C(=O)c3ccccc3S2(=O)=O)n[nH]1. The Morgan fingerprint density at radius 3 is 2.70 bits per heavy atom. The van der Waals surface area contributed by atoms with Gasteiger partial charge in [-0.3, -0.25) is 9.89 Å². The lowest BCUT2D eigenvalue weighted by Gasteiger charge is -2.13. The zero-order valence-electron chi connectivity index (χ0n) is 12.7. The van der Waals surface area contributed by atoms with Crippen LogP contribution in [0.5, 0.6) is 0 Å². The van der Waals surface area contributed by atoms with Gasteiger partial charge >= 0.3 is 0 Å². The van der Waals surface area contributed by atoms with Gasteiger partial charge in [0, 0.05) is 18.2 Å². The molecule has 0 unspecified atom stereocenters. The lowest BCUT2D eigenvalue weighted by Crippen LogP contribution is -2.32. The van der Waals surface area contributed by atoms with E-state index in [2.05, 4.69) is 15.2 Å². The fraction of sp³-hybridized carbons (Fsp3) is 0.357. The maximum absolute atomic E-state index is 12.4. The molecule has 0 spiro atoms. The van der Waals surface area contributed by atoms with Crippen molar-refractivity contribution >= 4 is 27.7 Å². The minimum atomic E-state index is -3.74. The quantitative estimate of drug-likeness (QED) is 0.825. The summed E-state index contributed by atoms with van der Waals surface area (Å²) in [6.07, 6.45) is 0. The van der Waals surface area contributed by atoms with Crippen LogP contribution in [0.15, 0.2) is 34.3 Å². The van der Waals surface area contributed by atoms with E-state index in [0.717, 1.165) is 10.1 Å². The third-order valence-electron chi connectivity index (χ3n) is 3.47. The minimum Gasteiger partial charge on any atom is -0.268 e. The number of aromatic nitrogens is 3. The molecule has 2 heterocycles. The van der Waals surface area contributed by atoms with Gasteiger partial charge in [0.2, 0.25) is 5.16 Å². The molecule has 0 bridgehead atoms.